The Morgan fingerprint density at radius 3 is 2.78 bits per heavy atom. The number of ether oxygens (including phenoxy) is 1. The lowest BCUT2D eigenvalue weighted by molar-refractivity contribution is -0.154. The van der Waals surface area contributed by atoms with E-state index in [1.165, 1.54) is 19.4 Å². The average Bonchev–Trinajstić information content (AvgIpc) is 2.69. The van der Waals surface area contributed by atoms with Gasteiger partial charge in [0.1, 0.15) is 5.60 Å². The van der Waals surface area contributed by atoms with Gasteiger partial charge in [-0.1, -0.05) is 6.92 Å². The fourth-order valence-electron chi connectivity index (χ4n) is 2.39. The molecule has 0 aromatic heterocycles. The highest BCUT2D eigenvalue weighted by atomic mass is 16.6. The van der Waals surface area contributed by atoms with Crippen LogP contribution in [0.25, 0.3) is 0 Å². The molecule has 1 atom stereocenters. The molecule has 1 saturated heterocycles. The van der Waals surface area contributed by atoms with Gasteiger partial charge in [0.05, 0.1) is 6.42 Å². The van der Waals surface area contributed by atoms with Crippen LogP contribution in [-0.4, -0.2) is 48.7 Å². The van der Waals surface area contributed by atoms with Crippen molar-refractivity contribution in [2.75, 3.05) is 26.2 Å². The molecule has 0 aromatic rings. The molecule has 1 aliphatic rings. The largest absolute Gasteiger partial charge is 0.460 e. The molecule has 0 amide bonds. The lowest BCUT2D eigenvalue weighted by Crippen LogP contribution is -2.38. The maximum atomic E-state index is 11.5. The van der Waals surface area contributed by atoms with Gasteiger partial charge >= 0.3 is 5.97 Å². The number of carbonyl (C=O) groups excluding carboxylic acids is 1. The highest BCUT2D eigenvalue weighted by Gasteiger charge is 2.22. The summed E-state index contributed by atoms with van der Waals surface area (Å²) in [6.07, 6.45) is 3.02. The second kappa shape index (κ2) is 7.10. The fourth-order valence-corrected chi connectivity index (χ4v) is 2.39. The van der Waals surface area contributed by atoms with E-state index in [0.717, 1.165) is 13.1 Å². The van der Waals surface area contributed by atoms with Gasteiger partial charge in [-0.2, -0.15) is 0 Å². The maximum absolute atomic E-state index is 11.5. The monoisotopic (exact) mass is 256 g/mol. The first-order valence-electron chi connectivity index (χ1n) is 7.09. The van der Waals surface area contributed by atoms with Gasteiger partial charge in [-0.3, -0.25) is 9.69 Å². The molecule has 0 spiro atoms. The highest BCUT2D eigenvalue weighted by molar-refractivity contribution is 5.70. The maximum Gasteiger partial charge on any atom is 0.307 e. The van der Waals surface area contributed by atoms with Crippen molar-refractivity contribution in [2.24, 2.45) is 0 Å². The summed E-state index contributed by atoms with van der Waals surface area (Å²) < 4.78 is 5.26. The number of likely N-dealkylation sites (N-methyl/N-ethyl adjacent to an activating group) is 1. The van der Waals surface area contributed by atoms with Crippen LogP contribution >= 0.6 is 0 Å². The van der Waals surface area contributed by atoms with E-state index < -0.39 is 0 Å². The van der Waals surface area contributed by atoms with Gasteiger partial charge in [0.2, 0.25) is 0 Å². The van der Waals surface area contributed by atoms with Crippen molar-refractivity contribution in [1.29, 1.82) is 0 Å². The lowest BCUT2D eigenvalue weighted by atomic mass is 10.2. The normalized spacial score (nSPS) is 21.2. The van der Waals surface area contributed by atoms with Crippen LogP contribution < -0.4 is 5.32 Å². The van der Waals surface area contributed by atoms with Crippen molar-refractivity contribution < 1.29 is 9.53 Å². The van der Waals surface area contributed by atoms with E-state index in [1.807, 2.05) is 20.8 Å². The highest BCUT2D eigenvalue weighted by Crippen LogP contribution is 2.15. The van der Waals surface area contributed by atoms with Gasteiger partial charge in [0.25, 0.3) is 0 Å². The molecule has 1 rings (SSSR count). The minimum absolute atomic E-state index is 0.117. The molecule has 1 heterocycles. The van der Waals surface area contributed by atoms with Crippen LogP contribution in [0.15, 0.2) is 0 Å². The Hall–Kier alpha value is -0.610. The molecule has 1 N–H and O–H groups in total. The van der Waals surface area contributed by atoms with E-state index in [4.69, 9.17) is 4.74 Å². The van der Waals surface area contributed by atoms with Crippen molar-refractivity contribution in [1.82, 2.24) is 10.2 Å². The predicted octanol–water partition coefficient (Wildman–Crippen LogP) is 1.79. The zero-order valence-corrected chi connectivity index (χ0v) is 12.3. The number of nitrogens with one attached hydrogen (secondary N) is 1. The summed E-state index contributed by atoms with van der Waals surface area (Å²) in [5.74, 6) is -0.117. The predicted molar refractivity (Wildman–Crippen MR) is 73.6 cm³/mol. The minimum atomic E-state index is -0.373. The van der Waals surface area contributed by atoms with E-state index in [0.29, 0.717) is 19.0 Å². The Bertz CT molecular complexity index is 261. The summed E-state index contributed by atoms with van der Waals surface area (Å²) in [6, 6.07) is 0.647. The molecule has 18 heavy (non-hydrogen) atoms. The molecule has 106 valence electrons. The summed E-state index contributed by atoms with van der Waals surface area (Å²) in [7, 11) is 0. The number of hydrogen-bond donors (Lipinski definition) is 1. The number of likely N-dealkylation sites (tertiary alicyclic amines) is 1. The molecule has 1 unspecified atom stereocenters. The van der Waals surface area contributed by atoms with Crippen LogP contribution in [0.4, 0.5) is 0 Å². The molecule has 4 nitrogen and oxygen atoms in total. The zero-order valence-electron chi connectivity index (χ0n) is 12.3. The Labute approximate surface area is 111 Å². The first kappa shape index (κ1) is 15.4. The van der Waals surface area contributed by atoms with E-state index in [9.17, 15) is 4.79 Å². The van der Waals surface area contributed by atoms with Crippen LogP contribution in [0.2, 0.25) is 0 Å². The molecule has 0 bridgehead atoms. The van der Waals surface area contributed by atoms with E-state index in [1.54, 1.807) is 0 Å². The number of rotatable bonds is 6. The Morgan fingerprint density at radius 1 is 1.44 bits per heavy atom. The lowest BCUT2D eigenvalue weighted by Gasteiger charge is -2.23. The third kappa shape index (κ3) is 5.83. The molecule has 4 heteroatoms. The number of esters is 1. The summed E-state index contributed by atoms with van der Waals surface area (Å²) >= 11 is 0. The first-order chi connectivity index (χ1) is 8.42. The molecule has 0 aromatic carbocycles. The quantitative estimate of drug-likeness (QED) is 0.581. The number of nitrogens with zero attached hydrogens (tertiary/aromatic N) is 1. The van der Waals surface area contributed by atoms with Crippen molar-refractivity contribution >= 4 is 5.97 Å². The van der Waals surface area contributed by atoms with E-state index in [2.05, 4.69) is 17.1 Å². The van der Waals surface area contributed by atoms with Crippen LogP contribution in [-0.2, 0) is 9.53 Å². The van der Waals surface area contributed by atoms with Crippen molar-refractivity contribution in [2.45, 2.75) is 58.6 Å². The van der Waals surface area contributed by atoms with Gasteiger partial charge in [0.15, 0.2) is 0 Å². The minimum Gasteiger partial charge on any atom is -0.460 e. The molecular weight excluding hydrogens is 228 g/mol. The third-order valence-electron chi connectivity index (χ3n) is 3.21. The van der Waals surface area contributed by atoms with Crippen LogP contribution in [0.3, 0.4) is 0 Å². The summed E-state index contributed by atoms with van der Waals surface area (Å²) in [4.78, 5) is 14.0. The Kier molecular flexibility index (Phi) is 6.09. The standard InChI is InChI=1S/C14H28N2O2/c1-5-16-10-6-7-12(16)11-15-9-8-13(17)18-14(2,3)4/h12,15H,5-11H2,1-4H3. The SMILES string of the molecule is CCN1CCCC1CNCCC(=O)OC(C)(C)C. The average molecular weight is 256 g/mol. The van der Waals surface area contributed by atoms with Gasteiger partial charge in [0, 0.05) is 19.1 Å². The Balaban J connectivity index is 2.10. The molecule has 0 saturated carbocycles. The number of carbonyl (C=O) groups is 1. The second-order valence-corrected chi connectivity index (χ2v) is 5.97. The van der Waals surface area contributed by atoms with E-state index in [-0.39, 0.29) is 11.6 Å². The molecule has 1 aliphatic heterocycles. The summed E-state index contributed by atoms with van der Waals surface area (Å²) in [5.41, 5.74) is -0.373. The van der Waals surface area contributed by atoms with Gasteiger partial charge in [-0.15, -0.1) is 0 Å². The fraction of sp³-hybridized carbons (Fsp3) is 0.929. The third-order valence-corrected chi connectivity index (χ3v) is 3.21. The zero-order chi connectivity index (χ0) is 13.6. The number of hydrogen-bond acceptors (Lipinski definition) is 4. The molecular formula is C14H28N2O2. The van der Waals surface area contributed by atoms with Crippen molar-refractivity contribution in [3.63, 3.8) is 0 Å². The molecule has 0 radical (unpaired) electrons. The summed E-state index contributed by atoms with van der Waals surface area (Å²) in [6.45, 7) is 11.9. The summed E-state index contributed by atoms with van der Waals surface area (Å²) in [5, 5.41) is 3.37. The van der Waals surface area contributed by atoms with Crippen LogP contribution in [0.5, 0.6) is 0 Å². The second-order valence-electron chi connectivity index (χ2n) is 5.97. The van der Waals surface area contributed by atoms with Crippen molar-refractivity contribution in [3.05, 3.63) is 0 Å². The van der Waals surface area contributed by atoms with Gasteiger partial charge in [-0.25, -0.2) is 0 Å². The van der Waals surface area contributed by atoms with Crippen LogP contribution in [0.1, 0.15) is 47.0 Å². The first-order valence-corrected chi connectivity index (χ1v) is 7.09. The Morgan fingerprint density at radius 2 is 2.17 bits per heavy atom. The topological polar surface area (TPSA) is 41.6 Å². The van der Waals surface area contributed by atoms with E-state index >= 15 is 0 Å². The molecule has 0 aliphatic carbocycles. The van der Waals surface area contributed by atoms with Crippen molar-refractivity contribution in [3.8, 4) is 0 Å². The van der Waals surface area contributed by atoms with Gasteiger partial charge < -0.3 is 10.1 Å². The smallest absolute Gasteiger partial charge is 0.307 e. The molecule has 1 fully saturated rings. The van der Waals surface area contributed by atoms with Crippen LogP contribution in [0, 0.1) is 0 Å². The van der Waals surface area contributed by atoms with Gasteiger partial charge in [-0.05, 0) is 46.7 Å².